The van der Waals surface area contributed by atoms with Gasteiger partial charge in [0.05, 0.1) is 0 Å². The third-order valence-corrected chi connectivity index (χ3v) is 6.61. The van der Waals surface area contributed by atoms with Crippen molar-refractivity contribution in [3.05, 3.63) is 65.7 Å². The molecular weight excluding hydrogens is 618 g/mol. The Morgan fingerprint density at radius 3 is 1.83 bits per heavy atom. The van der Waals surface area contributed by atoms with Crippen molar-refractivity contribution in [3.63, 3.8) is 0 Å². The molecule has 0 aromatic heterocycles. The van der Waals surface area contributed by atoms with E-state index in [0.717, 1.165) is 5.56 Å². The summed E-state index contributed by atoms with van der Waals surface area (Å²) in [7, 11) is 0. The van der Waals surface area contributed by atoms with Crippen LogP contribution in [0.5, 0.6) is 5.75 Å². The van der Waals surface area contributed by atoms with E-state index in [9.17, 15) is 29.1 Å². The first kappa shape index (κ1) is 39.6. The van der Waals surface area contributed by atoms with Gasteiger partial charge in [0.1, 0.15) is 41.7 Å². The molecule has 0 aliphatic rings. The lowest BCUT2D eigenvalue weighted by Crippen LogP contribution is -2.57. The molecule has 0 saturated carbocycles. The summed E-state index contributed by atoms with van der Waals surface area (Å²) in [6.45, 7) is 14.0. The first-order valence-corrected chi connectivity index (χ1v) is 16.1. The maximum Gasteiger partial charge on any atom is 0.408 e. The van der Waals surface area contributed by atoms with Crippen molar-refractivity contribution in [1.82, 2.24) is 16.0 Å². The predicted octanol–water partition coefficient (Wildman–Crippen LogP) is 4.71. The fraction of sp³-hybridized carbons (Fsp3) is 0.528. The minimum absolute atomic E-state index is 0.0139. The zero-order valence-electron chi connectivity index (χ0n) is 29.3. The van der Waals surface area contributed by atoms with E-state index in [1.54, 1.807) is 53.7 Å². The lowest BCUT2D eigenvalue weighted by molar-refractivity contribution is -0.155. The summed E-state index contributed by atoms with van der Waals surface area (Å²) in [4.78, 5) is 65.9. The highest BCUT2D eigenvalue weighted by Crippen LogP contribution is 2.15. The van der Waals surface area contributed by atoms with E-state index in [0.29, 0.717) is 5.56 Å². The van der Waals surface area contributed by atoms with Crippen LogP contribution in [0.25, 0.3) is 0 Å². The number of benzene rings is 2. The molecule has 0 heterocycles. The molecule has 48 heavy (non-hydrogen) atoms. The number of amides is 3. The van der Waals surface area contributed by atoms with Crippen LogP contribution in [0.3, 0.4) is 0 Å². The molecule has 0 radical (unpaired) electrons. The number of esters is 2. The number of phenolic OH excluding ortho intramolecular Hbond substituents is 1. The van der Waals surface area contributed by atoms with Gasteiger partial charge >= 0.3 is 18.0 Å². The molecule has 12 heteroatoms. The Morgan fingerprint density at radius 2 is 1.27 bits per heavy atom. The van der Waals surface area contributed by atoms with Gasteiger partial charge in [0.25, 0.3) is 0 Å². The number of carbonyl (C=O) groups is 5. The molecule has 0 spiro atoms. The second kappa shape index (κ2) is 18.1. The number of phenols is 1. The highest BCUT2D eigenvalue weighted by molar-refractivity contribution is 5.93. The van der Waals surface area contributed by atoms with E-state index < -0.39 is 59.2 Å². The Balaban J connectivity index is 2.32. The van der Waals surface area contributed by atoms with Crippen LogP contribution in [0.2, 0.25) is 0 Å². The summed E-state index contributed by atoms with van der Waals surface area (Å²) >= 11 is 0. The Morgan fingerprint density at radius 1 is 0.708 bits per heavy atom. The zero-order valence-corrected chi connectivity index (χ0v) is 29.3. The number of nitrogens with one attached hydrogen (secondary N) is 3. The van der Waals surface area contributed by atoms with E-state index in [1.807, 2.05) is 44.2 Å². The third-order valence-electron chi connectivity index (χ3n) is 6.61. The summed E-state index contributed by atoms with van der Waals surface area (Å²) in [6.07, 6.45) is -0.974. The molecule has 0 bridgehead atoms. The summed E-state index contributed by atoms with van der Waals surface area (Å²) < 4.78 is 16.2. The van der Waals surface area contributed by atoms with Gasteiger partial charge in [-0.3, -0.25) is 14.4 Å². The molecule has 4 N–H and O–H groups in total. The largest absolute Gasteiger partial charge is 0.508 e. The predicted molar refractivity (Wildman–Crippen MR) is 180 cm³/mol. The number of aromatic hydroxyl groups is 1. The molecule has 2 aromatic rings. The molecule has 0 fully saturated rings. The second-order valence-corrected chi connectivity index (χ2v) is 14.0. The third kappa shape index (κ3) is 15.8. The zero-order chi connectivity index (χ0) is 36.1. The lowest BCUT2D eigenvalue weighted by Gasteiger charge is -2.27. The first-order valence-electron chi connectivity index (χ1n) is 16.1. The van der Waals surface area contributed by atoms with Crippen molar-refractivity contribution in [2.45, 2.75) is 117 Å². The summed E-state index contributed by atoms with van der Waals surface area (Å²) in [5.41, 5.74) is -0.230. The van der Waals surface area contributed by atoms with E-state index in [2.05, 4.69) is 16.0 Å². The number of hydrogen-bond acceptors (Lipinski definition) is 9. The van der Waals surface area contributed by atoms with Gasteiger partial charge in [-0.2, -0.15) is 0 Å². The van der Waals surface area contributed by atoms with Crippen molar-refractivity contribution in [2.75, 3.05) is 0 Å². The SMILES string of the molecule is CC(C)C[C@H](NC(=O)[C@H](Cc1ccc(O)cc1)NC(=O)[C@H](CCC(=O)OC(C)(C)C)NC(=O)OC(C)(C)C)C(=O)OCc1ccccc1. The molecule has 12 nitrogen and oxygen atoms in total. The van der Waals surface area contributed by atoms with Gasteiger partial charge in [-0.05, 0) is 83.6 Å². The number of hydrogen-bond donors (Lipinski definition) is 4. The van der Waals surface area contributed by atoms with Crippen LogP contribution in [0.4, 0.5) is 4.79 Å². The van der Waals surface area contributed by atoms with Crippen LogP contribution in [-0.4, -0.2) is 64.3 Å². The molecule has 0 unspecified atom stereocenters. The minimum Gasteiger partial charge on any atom is -0.508 e. The highest BCUT2D eigenvalue weighted by atomic mass is 16.6. The molecule has 3 amide bonds. The fourth-order valence-corrected chi connectivity index (χ4v) is 4.51. The average Bonchev–Trinajstić information content (AvgIpc) is 2.96. The minimum atomic E-state index is -1.27. The van der Waals surface area contributed by atoms with Crippen molar-refractivity contribution in [2.24, 2.45) is 5.92 Å². The van der Waals surface area contributed by atoms with Gasteiger partial charge in [0.15, 0.2) is 0 Å². The Bertz CT molecular complexity index is 1360. The van der Waals surface area contributed by atoms with Crippen LogP contribution in [0.15, 0.2) is 54.6 Å². The smallest absolute Gasteiger partial charge is 0.408 e. The highest BCUT2D eigenvalue weighted by Gasteiger charge is 2.32. The van der Waals surface area contributed by atoms with Gasteiger partial charge in [-0.25, -0.2) is 9.59 Å². The first-order chi connectivity index (χ1) is 22.3. The van der Waals surface area contributed by atoms with Crippen molar-refractivity contribution in [3.8, 4) is 5.75 Å². The standard InChI is InChI=1S/C36H51N3O9/c1-23(2)20-29(33(44)46-22-25-12-10-9-11-13-25)38-32(43)28(21-24-14-16-26(40)17-15-24)37-31(42)27(39-34(45)48-36(6,7)8)18-19-30(41)47-35(3,4)5/h9-17,23,27-29,40H,18-22H2,1-8H3,(H,37,42)(H,38,43)(H,39,45)/t27-,28-,29-/m0/s1. The maximum absolute atomic E-state index is 13.8. The van der Waals surface area contributed by atoms with Crippen LogP contribution in [0.1, 0.15) is 85.8 Å². The monoisotopic (exact) mass is 669 g/mol. The molecule has 2 rings (SSSR count). The molecule has 2 aromatic carbocycles. The second-order valence-electron chi connectivity index (χ2n) is 14.0. The maximum atomic E-state index is 13.8. The molecule has 0 saturated heterocycles. The Kier molecular flexibility index (Phi) is 14.9. The Labute approximate surface area is 283 Å². The number of carbonyl (C=O) groups excluding carboxylic acids is 5. The van der Waals surface area contributed by atoms with E-state index in [1.165, 1.54) is 12.1 Å². The normalized spacial score (nSPS) is 13.4. The fourth-order valence-electron chi connectivity index (χ4n) is 4.51. The van der Waals surface area contributed by atoms with Crippen LogP contribution >= 0.6 is 0 Å². The van der Waals surface area contributed by atoms with Crippen molar-refractivity contribution in [1.29, 1.82) is 0 Å². The summed E-state index contributed by atoms with van der Waals surface area (Å²) in [6, 6.07) is 11.7. The van der Waals surface area contributed by atoms with Crippen LogP contribution < -0.4 is 16.0 Å². The molecule has 3 atom stereocenters. The van der Waals surface area contributed by atoms with Crippen LogP contribution in [-0.2, 0) is 46.4 Å². The number of rotatable bonds is 15. The van der Waals surface area contributed by atoms with Gasteiger partial charge in [0.2, 0.25) is 11.8 Å². The van der Waals surface area contributed by atoms with Crippen molar-refractivity contribution < 1.29 is 43.3 Å². The van der Waals surface area contributed by atoms with Gasteiger partial charge < -0.3 is 35.3 Å². The molecular formula is C36H51N3O9. The molecule has 264 valence electrons. The topological polar surface area (TPSA) is 169 Å². The number of alkyl carbamates (subject to hydrolysis) is 1. The molecule has 0 aliphatic heterocycles. The summed E-state index contributed by atoms with van der Waals surface area (Å²) in [5, 5.41) is 17.7. The van der Waals surface area contributed by atoms with Gasteiger partial charge in [-0.1, -0.05) is 56.3 Å². The Hall–Kier alpha value is -4.61. The number of ether oxygens (including phenoxy) is 3. The van der Waals surface area contributed by atoms with Gasteiger partial charge in [0, 0.05) is 12.8 Å². The quantitative estimate of drug-likeness (QED) is 0.155. The van der Waals surface area contributed by atoms with Crippen LogP contribution in [0, 0.1) is 5.92 Å². The lowest BCUT2D eigenvalue weighted by atomic mass is 10.0. The van der Waals surface area contributed by atoms with Crippen molar-refractivity contribution >= 4 is 29.8 Å². The average molecular weight is 670 g/mol. The molecule has 0 aliphatic carbocycles. The summed E-state index contributed by atoms with van der Waals surface area (Å²) in [5.74, 6) is -2.59. The van der Waals surface area contributed by atoms with E-state index >= 15 is 0 Å². The van der Waals surface area contributed by atoms with Gasteiger partial charge in [-0.15, -0.1) is 0 Å². The van der Waals surface area contributed by atoms with E-state index in [4.69, 9.17) is 14.2 Å². The van der Waals surface area contributed by atoms with E-state index in [-0.39, 0.29) is 44.0 Å².